The number of aromatic nitrogens is 2. The molecule has 4 aromatic rings. The summed E-state index contributed by atoms with van der Waals surface area (Å²) >= 11 is 0. The molecule has 0 saturated heterocycles. The molecule has 0 aliphatic rings. The molecule has 0 saturated carbocycles. The lowest BCUT2D eigenvalue weighted by Crippen LogP contribution is -2.15. The molecular formula is C21H19N3O2. The van der Waals surface area contributed by atoms with Crippen molar-refractivity contribution < 1.29 is 9.53 Å². The molecule has 0 bridgehead atoms. The minimum absolute atomic E-state index is 0.194. The Morgan fingerprint density at radius 2 is 1.92 bits per heavy atom. The maximum absolute atomic E-state index is 13.0. The number of hydrogen-bond acceptors (Lipinski definition) is 3. The van der Waals surface area contributed by atoms with Crippen LogP contribution in [0.3, 0.4) is 0 Å². The van der Waals surface area contributed by atoms with Gasteiger partial charge >= 0.3 is 0 Å². The zero-order valence-corrected chi connectivity index (χ0v) is 14.7. The van der Waals surface area contributed by atoms with Crippen molar-refractivity contribution in [1.82, 2.24) is 9.38 Å². The molecule has 0 spiro atoms. The van der Waals surface area contributed by atoms with E-state index in [0.717, 1.165) is 16.5 Å². The molecule has 0 atom stereocenters. The van der Waals surface area contributed by atoms with E-state index in [-0.39, 0.29) is 5.91 Å². The van der Waals surface area contributed by atoms with E-state index in [1.165, 1.54) is 0 Å². The molecule has 2 aromatic heterocycles. The van der Waals surface area contributed by atoms with E-state index in [9.17, 15) is 4.79 Å². The number of fused-ring (bicyclic) bond motifs is 2. The lowest BCUT2D eigenvalue weighted by atomic mass is 10.1. The van der Waals surface area contributed by atoms with Crippen LogP contribution in [0.4, 0.5) is 5.69 Å². The van der Waals surface area contributed by atoms with Crippen LogP contribution in [0.25, 0.3) is 16.4 Å². The molecule has 2 heterocycles. The molecule has 5 nitrogen and oxygen atoms in total. The van der Waals surface area contributed by atoms with Gasteiger partial charge in [-0.3, -0.25) is 9.20 Å². The number of amides is 1. The summed E-state index contributed by atoms with van der Waals surface area (Å²) < 4.78 is 7.41. The first-order valence-electron chi connectivity index (χ1n) is 8.58. The number of rotatable bonds is 4. The summed E-state index contributed by atoms with van der Waals surface area (Å²) in [5.41, 5.74) is 2.60. The first-order valence-corrected chi connectivity index (χ1v) is 8.58. The summed E-state index contributed by atoms with van der Waals surface area (Å²) in [6.07, 6.45) is 1.83. The van der Waals surface area contributed by atoms with Gasteiger partial charge in [-0.25, -0.2) is 4.98 Å². The van der Waals surface area contributed by atoms with E-state index in [1.807, 2.05) is 74.6 Å². The summed E-state index contributed by atoms with van der Waals surface area (Å²) in [5, 5.41) is 5.12. The number of carbonyl (C=O) groups excluding carboxylic acids is 1. The first kappa shape index (κ1) is 16.1. The van der Waals surface area contributed by atoms with Gasteiger partial charge in [0.1, 0.15) is 5.69 Å². The average molecular weight is 345 g/mol. The van der Waals surface area contributed by atoms with Gasteiger partial charge in [-0.1, -0.05) is 36.4 Å². The maximum Gasteiger partial charge on any atom is 0.274 e. The van der Waals surface area contributed by atoms with E-state index < -0.39 is 0 Å². The topological polar surface area (TPSA) is 55.6 Å². The van der Waals surface area contributed by atoms with Crippen molar-refractivity contribution in [2.75, 3.05) is 11.9 Å². The van der Waals surface area contributed by atoms with Crippen LogP contribution in [0, 0.1) is 6.92 Å². The zero-order chi connectivity index (χ0) is 18.1. The van der Waals surface area contributed by atoms with Gasteiger partial charge in [0, 0.05) is 17.3 Å². The third-order valence-corrected chi connectivity index (χ3v) is 4.34. The molecule has 1 N–H and O–H groups in total. The van der Waals surface area contributed by atoms with E-state index in [0.29, 0.717) is 29.4 Å². The monoisotopic (exact) mass is 345 g/mol. The molecule has 2 aromatic carbocycles. The highest BCUT2D eigenvalue weighted by atomic mass is 16.5. The normalized spacial score (nSPS) is 11.0. The number of nitrogens with zero attached hydrogens (tertiary/aromatic N) is 2. The van der Waals surface area contributed by atoms with Gasteiger partial charge in [-0.15, -0.1) is 0 Å². The van der Waals surface area contributed by atoms with Crippen molar-refractivity contribution in [2.45, 2.75) is 13.8 Å². The van der Waals surface area contributed by atoms with E-state index >= 15 is 0 Å². The SMILES string of the molecule is CCOc1cccn2c(C(=O)Nc3cccc4ccccc34)c(C)nc12. The van der Waals surface area contributed by atoms with Crippen LogP contribution >= 0.6 is 0 Å². The van der Waals surface area contributed by atoms with Gasteiger partial charge in [0.2, 0.25) is 0 Å². The Morgan fingerprint density at radius 1 is 1.12 bits per heavy atom. The van der Waals surface area contributed by atoms with Crippen LogP contribution in [-0.2, 0) is 0 Å². The molecule has 0 aliphatic heterocycles. The Kier molecular flexibility index (Phi) is 4.05. The number of carbonyl (C=O) groups is 1. The number of hydrogen-bond donors (Lipinski definition) is 1. The van der Waals surface area contributed by atoms with Crippen molar-refractivity contribution in [3.63, 3.8) is 0 Å². The third kappa shape index (κ3) is 2.67. The fraction of sp³-hybridized carbons (Fsp3) is 0.143. The van der Waals surface area contributed by atoms with Crippen molar-refractivity contribution >= 4 is 28.0 Å². The van der Waals surface area contributed by atoms with Crippen LogP contribution in [0.2, 0.25) is 0 Å². The molecule has 5 heteroatoms. The van der Waals surface area contributed by atoms with E-state index in [2.05, 4.69) is 10.3 Å². The Labute approximate surface area is 151 Å². The molecule has 0 fully saturated rings. The number of pyridine rings is 1. The van der Waals surface area contributed by atoms with Gasteiger partial charge < -0.3 is 10.1 Å². The quantitative estimate of drug-likeness (QED) is 0.595. The molecule has 0 unspecified atom stereocenters. The fourth-order valence-electron chi connectivity index (χ4n) is 3.21. The second-order valence-electron chi connectivity index (χ2n) is 6.03. The van der Waals surface area contributed by atoms with Crippen LogP contribution in [0.1, 0.15) is 23.1 Å². The summed E-state index contributed by atoms with van der Waals surface area (Å²) in [4.78, 5) is 17.5. The molecule has 4 rings (SSSR count). The highest BCUT2D eigenvalue weighted by molar-refractivity contribution is 6.09. The average Bonchev–Trinajstić information content (AvgIpc) is 2.99. The molecule has 0 aliphatic carbocycles. The van der Waals surface area contributed by atoms with Gasteiger partial charge in [-0.05, 0) is 37.4 Å². The Morgan fingerprint density at radius 3 is 2.77 bits per heavy atom. The predicted molar refractivity (Wildman–Crippen MR) is 103 cm³/mol. The van der Waals surface area contributed by atoms with Crippen LogP contribution < -0.4 is 10.1 Å². The zero-order valence-electron chi connectivity index (χ0n) is 14.7. The first-order chi connectivity index (χ1) is 12.7. The Bertz CT molecular complexity index is 1110. The van der Waals surface area contributed by atoms with Gasteiger partial charge in [0.05, 0.1) is 12.3 Å². The van der Waals surface area contributed by atoms with Gasteiger partial charge in [0.25, 0.3) is 5.91 Å². The van der Waals surface area contributed by atoms with Crippen LogP contribution in [-0.4, -0.2) is 21.9 Å². The van der Waals surface area contributed by atoms with Gasteiger partial charge in [0.15, 0.2) is 11.4 Å². The Balaban J connectivity index is 1.77. The number of imidazole rings is 1. The summed E-state index contributed by atoms with van der Waals surface area (Å²) in [5.74, 6) is 0.474. The largest absolute Gasteiger partial charge is 0.490 e. The minimum Gasteiger partial charge on any atom is -0.490 e. The standard InChI is InChI=1S/C21H19N3O2/c1-3-26-18-12-7-13-24-19(14(2)22-20(18)24)21(25)23-17-11-6-9-15-8-4-5-10-16(15)17/h4-13H,3H2,1-2H3,(H,23,25). The summed E-state index contributed by atoms with van der Waals surface area (Å²) in [6, 6.07) is 17.6. The van der Waals surface area contributed by atoms with Gasteiger partial charge in [-0.2, -0.15) is 0 Å². The van der Waals surface area contributed by atoms with Crippen LogP contribution in [0.5, 0.6) is 5.75 Å². The predicted octanol–water partition coefficient (Wildman–Crippen LogP) is 4.45. The molecule has 1 amide bonds. The number of benzene rings is 2. The highest BCUT2D eigenvalue weighted by Crippen LogP contribution is 2.26. The Hall–Kier alpha value is -3.34. The van der Waals surface area contributed by atoms with E-state index in [4.69, 9.17) is 4.74 Å². The number of ether oxygens (including phenoxy) is 1. The minimum atomic E-state index is -0.194. The fourth-order valence-corrected chi connectivity index (χ4v) is 3.21. The number of anilines is 1. The smallest absolute Gasteiger partial charge is 0.274 e. The molecule has 0 radical (unpaired) electrons. The lowest BCUT2D eigenvalue weighted by molar-refractivity contribution is 0.102. The lowest BCUT2D eigenvalue weighted by Gasteiger charge is -2.10. The number of aryl methyl sites for hydroxylation is 1. The maximum atomic E-state index is 13.0. The van der Waals surface area contributed by atoms with Crippen LogP contribution in [0.15, 0.2) is 60.8 Å². The molecular weight excluding hydrogens is 326 g/mol. The summed E-state index contributed by atoms with van der Waals surface area (Å²) in [6.45, 7) is 4.30. The second kappa shape index (κ2) is 6.52. The number of nitrogens with one attached hydrogen (secondary N) is 1. The van der Waals surface area contributed by atoms with Crippen molar-refractivity contribution in [1.29, 1.82) is 0 Å². The molecule has 130 valence electrons. The van der Waals surface area contributed by atoms with Crippen molar-refractivity contribution in [2.24, 2.45) is 0 Å². The van der Waals surface area contributed by atoms with Crippen molar-refractivity contribution in [3.8, 4) is 5.75 Å². The van der Waals surface area contributed by atoms with E-state index in [1.54, 1.807) is 4.40 Å². The molecule has 26 heavy (non-hydrogen) atoms. The van der Waals surface area contributed by atoms with Crippen molar-refractivity contribution in [3.05, 3.63) is 72.2 Å². The third-order valence-electron chi connectivity index (χ3n) is 4.34. The summed E-state index contributed by atoms with van der Waals surface area (Å²) in [7, 11) is 0. The highest BCUT2D eigenvalue weighted by Gasteiger charge is 2.19. The second-order valence-corrected chi connectivity index (χ2v) is 6.03.